The van der Waals surface area contributed by atoms with Crippen LogP contribution in [0.3, 0.4) is 0 Å². The molecule has 0 N–H and O–H groups in total. The average molecular weight is 498 g/mol. The molecule has 5 nitrogen and oxygen atoms in total. The summed E-state index contributed by atoms with van der Waals surface area (Å²) in [6.07, 6.45) is 7.06. The molecule has 3 rings (SSSR count). The molecule has 0 aliphatic heterocycles. The van der Waals surface area contributed by atoms with E-state index >= 15 is 0 Å². The molecule has 0 heterocycles. The Kier molecular flexibility index (Phi) is 10.0. The molecule has 3 aromatic carbocycles. The average Bonchev–Trinajstić information content (AvgIpc) is 2.92. The van der Waals surface area contributed by atoms with Crippen molar-refractivity contribution in [3.63, 3.8) is 0 Å². The van der Waals surface area contributed by atoms with Crippen molar-refractivity contribution in [2.45, 2.75) is 65.7 Å². The van der Waals surface area contributed by atoms with Crippen LogP contribution in [0.4, 0.5) is 0 Å². The van der Waals surface area contributed by atoms with E-state index in [0.717, 1.165) is 30.4 Å². The number of carbonyl (C=O) groups is 2. The summed E-state index contributed by atoms with van der Waals surface area (Å²) in [7, 11) is 0. The zero-order valence-electron chi connectivity index (χ0n) is 22.0. The number of hydrogen-bond acceptors (Lipinski definition) is 5. The number of ether oxygens (including phenoxy) is 2. The Morgan fingerprint density at radius 2 is 1.32 bits per heavy atom. The molecular formula is C32H35NO4. The van der Waals surface area contributed by atoms with Crippen LogP contribution in [0, 0.1) is 16.7 Å². The zero-order chi connectivity index (χ0) is 26.7. The molecule has 0 fully saturated rings. The van der Waals surface area contributed by atoms with Gasteiger partial charge in [0.15, 0.2) is 5.41 Å². The maximum Gasteiger partial charge on any atom is 0.343 e. The molecule has 0 radical (unpaired) electrons. The van der Waals surface area contributed by atoms with Crippen LogP contribution in [0.1, 0.15) is 75.2 Å². The first-order valence-corrected chi connectivity index (χ1v) is 13.0. The van der Waals surface area contributed by atoms with Gasteiger partial charge in [0.25, 0.3) is 0 Å². The highest BCUT2D eigenvalue weighted by atomic mass is 16.5. The molecule has 3 aromatic rings. The number of nitriles is 1. The second-order valence-corrected chi connectivity index (χ2v) is 9.53. The molecule has 0 spiro atoms. The van der Waals surface area contributed by atoms with Gasteiger partial charge in [0.1, 0.15) is 11.5 Å². The van der Waals surface area contributed by atoms with Crippen molar-refractivity contribution in [2.24, 2.45) is 5.41 Å². The van der Waals surface area contributed by atoms with Gasteiger partial charge in [0, 0.05) is 0 Å². The quantitative estimate of drug-likeness (QED) is 0.144. The second kappa shape index (κ2) is 13.4. The lowest BCUT2D eigenvalue weighted by molar-refractivity contribution is -0.142. The van der Waals surface area contributed by atoms with Gasteiger partial charge in [-0.3, -0.25) is 0 Å². The van der Waals surface area contributed by atoms with Crippen LogP contribution in [0.25, 0.3) is 11.1 Å². The summed E-state index contributed by atoms with van der Waals surface area (Å²) < 4.78 is 11.0. The first-order chi connectivity index (χ1) is 17.9. The lowest BCUT2D eigenvalue weighted by atomic mass is 9.87. The van der Waals surface area contributed by atoms with Crippen LogP contribution in [0.2, 0.25) is 0 Å². The molecule has 192 valence electrons. The number of nitrogens with zero attached hydrogens (tertiary/aromatic N) is 1. The maximum absolute atomic E-state index is 12.6. The minimum atomic E-state index is -1.16. The van der Waals surface area contributed by atoms with Crippen LogP contribution in [0.15, 0.2) is 72.8 Å². The zero-order valence-corrected chi connectivity index (χ0v) is 22.0. The summed E-state index contributed by atoms with van der Waals surface area (Å²) in [5.41, 5.74) is 2.45. The Balaban J connectivity index is 1.56. The van der Waals surface area contributed by atoms with Crippen molar-refractivity contribution in [1.29, 1.82) is 5.26 Å². The lowest BCUT2D eigenvalue weighted by Crippen LogP contribution is -2.30. The van der Waals surface area contributed by atoms with Gasteiger partial charge >= 0.3 is 11.9 Å². The second-order valence-electron chi connectivity index (χ2n) is 9.53. The van der Waals surface area contributed by atoms with Gasteiger partial charge < -0.3 is 9.47 Å². The molecule has 0 saturated heterocycles. The molecule has 1 unspecified atom stereocenters. The normalized spacial score (nSPS) is 12.3. The first-order valence-electron chi connectivity index (χ1n) is 13.0. The van der Waals surface area contributed by atoms with Gasteiger partial charge in [-0.1, -0.05) is 75.9 Å². The Morgan fingerprint density at radius 1 is 0.757 bits per heavy atom. The van der Waals surface area contributed by atoms with Gasteiger partial charge in [0.05, 0.1) is 11.6 Å². The molecule has 0 aliphatic carbocycles. The summed E-state index contributed by atoms with van der Waals surface area (Å²) in [5, 5.41) is 9.37. The van der Waals surface area contributed by atoms with Crippen LogP contribution >= 0.6 is 0 Å². The third-order valence-corrected chi connectivity index (χ3v) is 6.42. The predicted molar refractivity (Wildman–Crippen MR) is 145 cm³/mol. The molecule has 0 bridgehead atoms. The van der Waals surface area contributed by atoms with E-state index in [4.69, 9.17) is 9.47 Å². The van der Waals surface area contributed by atoms with Gasteiger partial charge in [-0.15, -0.1) is 0 Å². The molecule has 5 heteroatoms. The van der Waals surface area contributed by atoms with Crippen LogP contribution in [-0.4, -0.2) is 11.9 Å². The van der Waals surface area contributed by atoms with E-state index in [0.29, 0.717) is 23.5 Å². The fraction of sp³-hybridized carbons (Fsp3) is 0.344. The van der Waals surface area contributed by atoms with E-state index in [-0.39, 0.29) is 5.97 Å². The van der Waals surface area contributed by atoms with Crippen LogP contribution in [-0.2, 0) is 11.2 Å². The van der Waals surface area contributed by atoms with Gasteiger partial charge in [-0.05, 0) is 79.3 Å². The third kappa shape index (κ3) is 7.79. The minimum absolute atomic E-state index is 0.385. The number of carbonyl (C=O) groups excluding carboxylic acids is 2. The van der Waals surface area contributed by atoms with Crippen molar-refractivity contribution in [3.05, 3.63) is 83.9 Å². The number of benzene rings is 3. The Bertz CT molecular complexity index is 1210. The summed E-state index contributed by atoms with van der Waals surface area (Å²) in [5.74, 6) is -0.0696. The van der Waals surface area contributed by atoms with Gasteiger partial charge in [-0.2, -0.15) is 5.26 Å². The topological polar surface area (TPSA) is 76.4 Å². The van der Waals surface area contributed by atoms with Crippen molar-refractivity contribution in [3.8, 4) is 28.7 Å². The minimum Gasteiger partial charge on any atom is -0.425 e. The Labute approximate surface area is 220 Å². The van der Waals surface area contributed by atoms with Crippen LogP contribution < -0.4 is 9.47 Å². The summed E-state index contributed by atoms with van der Waals surface area (Å²) in [4.78, 5) is 25.0. The number of unbranched alkanes of at least 4 members (excludes halogenated alkanes) is 3. The van der Waals surface area contributed by atoms with Crippen LogP contribution in [0.5, 0.6) is 11.5 Å². The highest BCUT2D eigenvalue weighted by molar-refractivity contribution is 5.91. The van der Waals surface area contributed by atoms with E-state index in [1.54, 1.807) is 31.2 Å². The van der Waals surface area contributed by atoms with Crippen molar-refractivity contribution < 1.29 is 19.1 Å². The fourth-order valence-corrected chi connectivity index (χ4v) is 4.08. The molecule has 37 heavy (non-hydrogen) atoms. The molecular weight excluding hydrogens is 462 g/mol. The predicted octanol–water partition coefficient (Wildman–Crippen LogP) is 7.93. The van der Waals surface area contributed by atoms with E-state index in [2.05, 4.69) is 13.0 Å². The summed E-state index contributed by atoms with van der Waals surface area (Å²) in [6, 6.07) is 24.1. The van der Waals surface area contributed by atoms with Crippen molar-refractivity contribution in [2.75, 3.05) is 0 Å². The Morgan fingerprint density at radius 3 is 1.84 bits per heavy atom. The SMILES string of the molecule is CCCCCCc1ccc(C(=O)Oc2ccc(-c3ccc(OC(=O)C(C)(C#N)CCC)cc3)cc2)cc1. The smallest absolute Gasteiger partial charge is 0.343 e. The van der Waals surface area contributed by atoms with Gasteiger partial charge in [-0.25, -0.2) is 9.59 Å². The molecule has 0 amide bonds. The largest absolute Gasteiger partial charge is 0.425 e. The standard InChI is InChI=1S/C32H35NO4/c1-4-6-7-8-9-24-10-12-27(13-11-24)30(34)36-28-18-14-25(15-19-28)26-16-20-29(21-17-26)37-31(35)32(3,23-33)22-5-2/h10-21H,4-9,22H2,1-3H3. The van der Waals surface area contributed by atoms with E-state index in [9.17, 15) is 14.9 Å². The highest BCUT2D eigenvalue weighted by Crippen LogP contribution is 2.28. The number of rotatable bonds is 12. The molecule has 0 aliphatic rings. The van der Waals surface area contributed by atoms with E-state index in [1.165, 1.54) is 24.8 Å². The number of hydrogen-bond donors (Lipinski definition) is 0. The summed E-state index contributed by atoms with van der Waals surface area (Å²) in [6.45, 7) is 5.73. The molecule has 1 atom stereocenters. The number of aryl methyl sites for hydroxylation is 1. The Hall–Kier alpha value is -3.91. The van der Waals surface area contributed by atoms with E-state index in [1.807, 2.05) is 55.5 Å². The third-order valence-electron chi connectivity index (χ3n) is 6.42. The summed E-state index contributed by atoms with van der Waals surface area (Å²) >= 11 is 0. The van der Waals surface area contributed by atoms with Crippen molar-refractivity contribution >= 4 is 11.9 Å². The maximum atomic E-state index is 12.6. The first kappa shape index (κ1) is 27.7. The molecule has 0 saturated carbocycles. The monoisotopic (exact) mass is 497 g/mol. The molecule has 0 aromatic heterocycles. The fourth-order valence-electron chi connectivity index (χ4n) is 4.08. The highest BCUT2D eigenvalue weighted by Gasteiger charge is 2.34. The number of esters is 2. The van der Waals surface area contributed by atoms with Gasteiger partial charge in [0.2, 0.25) is 0 Å². The van der Waals surface area contributed by atoms with E-state index < -0.39 is 11.4 Å². The van der Waals surface area contributed by atoms with Crippen molar-refractivity contribution in [1.82, 2.24) is 0 Å². The lowest BCUT2D eigenvalue weighted by Gasteiger charge is -2.18.